The number of rotatable bonds is 10. The normalized spacial score (nSPS) is 14.3. The lowest BCUT2D eigenvalue weighted by Gasteiger charge is -2.19. The van der Waals surface area contributed by atoms with Crippen LogP contribution in [0.25, 0.3) is 0 Å². The Morgan fingerprint density at radius 1 is 1.29 bits per heavy atom. The summed E-state index contributed by atoms with van der Waals surface area (Å²) in [5.41, 5.74) is 0. The average molecular weight is 252 g/mol. The van der Waals surface area contributed by atoms with Crippen molar-refractivity contribution in [2.24, 2.45) is 5.92 Å². The molecule has 102 valence electrons. The van der Waals surface area contributed by atoms with Crippen molar-refractivity contribution < 1.29 is 30.2 Å². The van der Waals surface area contributed by atoms with Gasteiger partial charge in [-0.2, -0.15) is 0 Å². The van der Waals surface area contributed by atoms with Crippen LogP contribution in [0.2, 0.25) is 0 Å². The minimum Gasteiger partial charge on any atom is -0.465 e. The van der Waals surface area contributed by atoms with E-state index in [9.17, 15) is 4.79 Å². The van der Waals surface area contributed by atoms with Crippen LogP contribution >= 0.6 is 0 Å². The monoisotopic (exact) mass is 252 g/mol. The van der Waals surface area contributed by atoms with E-state index < -0.39 is 6.09 Å². The molecule has 0 aromatic carbocycles. The first-order valence-electron chi connectivity index (χ1n) is 5.33. The Morgan fingerprint density at radius 3 is 2.53 bits per heavy atom. The zero-order valence-electron chi connectivity index (χ0n) is 9.76. The van der Waals surface area contributed by atoms with Crippen molar-refractivity contribution in [3.63, 3.8) is 0 Å². The number of carbonyl (C=O) groups is 1. The van der Waals surface area contributed by atoms with Crippen LogP contribution in [0.5, 0.6) is 0 Å². The van der Waals surface area contributed by atoms with Gasteiger partial charge in [0.25, 0.3) is 0 Å². The van der Waals surface area contributed by atoms with Crippen molar-refractivity contribution >= 4 is 6.09 Å². The largest absolute Gasteiger partial charge is 0.465 e. The molecule has 0 radical (unpaired) electrons. The zero-order valence-corrected chi connectivity index (χ0v) is 9.76. The van der Waals surface area contributed by atoms with E-state index in [1.54, 1.807) is 0 Å². The molecule has 1 amide bonds. The third-order valence-electron chi connectivity index (χ3n) is 2.19. The molecule has 0 aliphatic carbocycles. The molecular weight excluding hydrogens is 232 g/mol. The van der Waals surface area contributed by atoms with E-state index in [4.69, 9.17) is 15.6 Å². The fourth-order valence-corrected chi connectivity index (χ4v) is 1.23. The molecule has 2 atom stereocenters. The van der Waals surface area contributed by atoms with Gasteiger partial charge in [-0.05, 0) is 18.9 Å². The maximum absolute atomic E-state index is 10.3. The van der Waals surface area contributed by atoms with Gasteiger partial charge in [-0.25, -0.2) is 14.6 Å². The first-order valence-corrected chi connectivity index (χ1v) is 5.33. The summed E-state index contributed by atoms with van der Waals surface area (Å²) in [6.45, 7) is 2.97. The van der Waals surface area contributed by atoms with E-state index in [-0.39, 0.29) is 25.2 Å². The number of amides is 1. The van der Waals surface area contributed by atoms with Gasteiger partial charge in [0.1, 0.15) is 0 Å². The van der Waals surface area contributed by atoms with Gasteiger partial charge in [0.15, 0.2) is 0 Å². The van der Waals surface area contributed by atoms with Crippen LogP contribution in [0.3, 0.4) is 0 Å². The first kappa shape index (κ1) is 16.1. The van der Waals surface area contributed by atoms with Gasteiger partial charge in [0.2, 0.25) is 0 Å². The van der Waals surface area contributed by atoms with E-state index in [1.807, 2.05) is 6.92 Å². The molecule has 0 heterocycles. The molecule has 17 heavy (non-hydrogen) atoms. The Hall–Kier alpha value is -0.930. The van der Waals surface area contributed by atoms with E-state index in [0.29, 0.717) is 19.5 Å². The minimum absolute atomic E-state index is 0.0719. The highest BCUT2D eigenvalue weighted by molar-refractivity contribution is 5.64. The molecule has 0 aliphatic rings. The van der Waals surface area contributed by atoms with Gasteiger partial charge in [-0.1, -0.05) is 6.92 Å². The molecule has 2 unspecified atom stereocenters. The van der Waals surface area contributed by atoms with Crippen molar-refractivity contribution in [2.75, 3.05) is 26.3 Å². The van der Waals surface area contributed by atoms with Crippen molar-refractivity contribution in [3.8, 4) is 0 Å². The summed E-state index contributed by atoms with van der Waals surface area (Å²) in [4.78, 5) is 18.2. The summed E-state index contributed by atoms with van der Waals surface area (Å²) in [7, 11) is 0. The second kappa shape index (κ2) is 10.2. The van der Waals surface area contributed by atoms with Gasteiger partial charge in [-0.3, -0.25) is 10.5 Å². The molecule has 8 heteroatoms. The van der Waals surface area contributed by atoms with Crippen molar-refractivity contribution in [1.29, 1.82) is 0 Å². The molecule has 0 aromatic rings. The lowest BCUT2D eigenvalue weighted by atomic mass is 10.1. The van der Waals surface area contributed by atoms with Crippen LogP contribution in [0.1, 0.15) is 13.3 Å². The molecule has 0 fully saturated rings. The summed E-state index contributed by atoms with van der Waals surface area (Å²) in [5.74, 6) is 0.0994. The number of nitrogens with one attached hydrogen (secondary N) is 2. The van der Waals surface area contributed by atoms with Crippen molar-refractivity contribution in [3.05, 3.63) is 0 Å². The summed E-state index contributed by atoms with van der Waals surface area (Å²) in [6, 6.07) is -0.167. The minimum atomic E-state index is -1.05. The highest BCUT2D eigenvalue weighted by atomic mass is 17.1. The molecule has 0 aliphatic heterocycles. The van der Waals surface area contributed by atoms with E-state index in [0.717, 1.165) is 0 Å². The average Bonchev–Trinajstić information content (AvgIpc) is 2.30. The molecule has 0 bridgehead atoms. The molecule has 0 saturated carbocycles. The molecule has 5 N–H and O–H groups in total. The van der Waals surface area contributed by atoms with Crippen LogP contribution < -0.4 is 10.6 Å². The van der Waals surface area contributed by atoms with Gasteiger partial charge in [0.05, 0.1) is 13.2 Å². The van der Waals surface area contributed by atoms with Crippen LogP contribution in [0.15, 0.2) is 0 Å². The lowest BCUT2D eigenvalue weighted by Crippen LogP contribution is -2.39. The quantitative estimate of drug-likeness (QED) is 0.278. The van der Waals surface area contributed by atoms with Crippen molar-refractivity contribution in [1.82, 2.24) is 10.6 Å². The molecule has 0 aromatic heterocycles. The van der Waals surface area contributed by atoms with Gasteiger partial charge in [-0.15, -0.1) is 0 Å². The predicted octanol–water partition coefficient (Wildman–Crippen LogP) is 0.218. The maximum Gasteiger partial charge on any atom is 0.404 e. The van der Waals surface area contributed by atoms with Crippen LogP contribution in [-0.4, -0.2) is 54.1 Å². The zero-order chi connectivity index (χ0) is 13.1. The van der Waals surface area contributed by atoms with Crippen LogP contribution in [0.4, 0.5) is 4.79 Å². The molecule has 0 rings (SSSR count). The summed E-state index contributed by atoms with van der Waals surface area (Å²) in [6.07, 6.45) is -0.586. The number of hydrogen-bond acceptors (Lipinski definition) is 6. The second-order valence-corrected chi connectivity index (χ2v) is 3.81. The third-order valence-corrected chi connectivity index (χ3v) is 2.19. The molecule has 8 nitrogen and oxygen atoms in total. The summed E-state index contributed by atoms with van der Waals surface area (Å²) < 4.78 is 0. The molecule has 0 spiro atoms. The molecule has 0 saturated heterocycles. The topological polar surface area (TPSA) is 120 Å². The van der Waals surface area contributed by atoms with Gasteiger partial charge in [0, 0.05) is 12.6 Å². The highest BCUT2D eigenvalue weighted by Gasteiger charge is 2.11. The van der Waals surface area contributed by atoms with Gasteiger partial charge < -0.3 is 15.7 Å². The predicted molar refractivity (Wildman–Crippen MR) is 58.8 cm³/mol. The Morgan fingerprint density at radius 2 is 2.00 bits per heavy atom. The fourth-order valence-electron chi connectivity index (χ4n) is 1.23. The van der Waals surface area contributed by atoms with Crippen molar-refractivity contribution in [2.45, 2.75) is 19.4 Å². The Kier molecular flexibility index (Phi) is 9.68. The standard InChI is InChI=1S/C9H20N2O6/c1-7(5-11-9(12)13)4-10-8(6-17-15)2-3-16-14/h7-8,10-11,14-15H,2-6H2,1H3,(H,12,13). The number of hydrogen-bond donors (Lipinski definition) is 5. The van der Waals surface area contributed by atoms with E-state index in [1.165, 1.54) is 0 Å². The van der Waals surface area contributed by atoms with Crippen LogP contribution in [-0.2, 0) is 9.78 Å². The smallest absolute Gasteiger partial charge is 0.404 e. The Labute approximate surface area is 99.4 Å². The Bertz CT molecular complexity index is 204. The van der Waals surface area contributed by atoms with Gasteiger partial charge >= 0.3 is 6.09 Å². The summed E-state index contributed by atoms with van der Waals surface area (Å²) in [5, 5.41) is 30.3. The third kappa shape index (κ3) is 9.97. The second-order valence-electron chi connectivity index (χ2n) is 3.81. The van der Waals surface area contributed by atoms with Crippen LogP contribution in [0, 0.1) is 5.92 Å². The fraction of sp³-hybridized carbons (Fsp3) is 0.889. The van der Waals surface area contributed by atoms with E-state index >= 15 is 0 Å². The summed E-state index contributed by atoms with van der Waals surface area (Å²) >= 11 is 0. The molecular formula is C9H20N2O6. The SMILES string of the molecule is CC(CNC(=O)O)CNC(CCOO)COO. The Balaban J connectivity index is 3.73. The number of carboxylic acid groups (broad SMARTS) is 1. The maximum atomic E-state index is 10.3. The first-order chi connectivity index (χ1) is 8.10. The highest BCUT2D eigenvalue weighted by Crippen LogP contribution is 1.97. The van der Waals surface area contributed by atoms with E-state index in [2.05, 4.69) is 20.4 Å². The lowest BCUT2D eigenvalue weighted by molar-refractivity contribution is -0.257.